The Morgan fingerprint density at radius 3 is 2.44 bits per heavy atom. The largest absolute Gasteiger partial charge is 0.481 e. The quantitative estimate of drug-likeness (QED) is 0.741. The van der Waals surface area contributed by atoms with Gasteiger partial charge in [0.05, 0.1) is 0 Å². The Bertz CT molecular complexity index is 361. The van der Waals surface area contributed by atoms with Gasteiger partial charge in [-0.2, -0.15) is 0 Å². The first-order valence-corrected chi connectivity index (χ1v) is 6.36. The van der Waals surface area contributed by atoms with Gasteiger partial charge in [-0.1, -0.05) is 0 Å². The van der Waals surface area contributed by atoms with Gasteiger partial charge in [-0.25, -0.2) is 0 Å². The van der Waals surface area contributed by atoms with E-state index in [2.05, 4.69) is 5.32 Å². The highest BCUT2D eigenvalue weighted by Gasteiger charge is 2.32. The molecule has 0 aromatic carbocycles. The average molecular weight is 254 g/mol. The highest BCUT2D eigenvalue weighted by atomic mass is 16.4. The van der Waals surface area contributed by atoms with Crippen LogP contribution in [0.3, 0.4) is 0 Å². The summed E-state index contributed by atoms with van der Waals surface area (Å²) in [7, 11) is 0. The number of amides is 2. The number of hydrogen-bond acceptors (Lipinski definition) is 3. The maximum Gasteiger partial charge on any atom is 0.303 e. The van der Waals surface area contributed by atoms with Gasteiger partial charge in [0.15, 0.2) is 0 Å². The third kappa shape index (κ3) is 3.00. The summed E-state index contributed by atoms with van der Waals surface area (Å²) in [6.07, 6.45) is 2.65. The van der Waals surface area contributed by atoms with Crippen molar-refractivity contribution in [3.8, 4) is 0 Å². The van der Waals surface area contributed by atoms with E-state index in [0.29, 0.717) is 25.9 Å². The van der Waals surface area contributed by atoms with Crippen LogP contribution in [0.1, 0.15) is 32.1 Å². The van der Waals surface area contributed by atoms with Gasteiger partial charge in [-0.3, -0.25) is 14.4 Å². The molecule has 2 aliphatic heterocycles. The van der Waals surface area contributed by atoms with E-state index < -0.39 is 5.97 Å². The predicted octanol–water partition coefficient (Wildman–Crippen LogP) is -0.0217. The number of carbonyl (C=O) groups excluding carboxylic acids is 2. The molecule has 6 nitrogen and oxygen atoms in total. The molecule has 0 aromatic rings. The van der Waals surface area contributed by atoms with Crippen molar-refractivity contribution in [2.75, 3.05) is 13.1 Å². The van der Waals surface area contributed by atoms with E-state index in [1.54, 1.807) is 4.90 Å². The lowest BCUT2D eigenvalue weighted by molar-refractivity contribution is -0.139. The molecule has 0 spiro atoms. The van der Waals surface area contributed by atoms with Gasteiger partial charge in [-0.05, 0) is 25.2 Å². The van der Waals surface area contributed by atoms with Crippen molar-refractivity contribution >= 4 is 17.8 Å². The number of carbonyl (C=O) groups is 3. The number of aliphatic carboxylic acids is 1. The SMILES string of the molecule is O=C(O)CC1CCN(C(=O)[C@@H]2CCC(=O)N2)CC1. The number of nitrogens with one attached hydrogen (secondary N) is 1. The molecule has 2 N–H and O–H groups in total. The van der Waals surface area contributed by atoms with Gasteiger partial charge in [0, 0.05) is 25.9 Å². The van der Waals surface area contributed by atoms with E-state index >= 15 is 0 Å². The molecule has 0 unspecified atom stereocenters. The molecule has 6 heteroatoms. The topological polar surface area (TPSA) is 86.7 Å². The minimum absolute atomic E-state index is 0.0189. The van der Waals surface area contributed by atoms with Gasteiger partial charge >= 0.3 is 5.97 Å². The molecule has 2 rings (SSSR count). The normalized spacial score (nSPS) is 25.0. The molecular formula is C12H18N2O4. The summed E-state index contributed by atoms with van der Waals surface area (Å²) in [5, 5.41) is 11.4. The molecule has 0 radical (unpaired) electrons. The van der Waals surface area contributed by atoms with E-state index in [1.807, 2.05) is 0 Å². The lowest BCUT2D eigenvalue weighted by Crippen LogP contribution is -2.47. The van der Waals surface area contributed by atoms with Crippen LogP contribution >= 0.6 is 0 Å². The fourth-order valence-electron chi connectivity index (χ4n) is 2.62. The van der Waals surface area contributed by atoms with Crippen LogP contribution in [0, 0.1) is 5.92 Å². The van der Waals surface area contributed by atoms with Crippen molar-refractivity contribution in [2.24, 2.45) is 5.92 Å². The van der Waals surface area contributed by atoms with Gasteiger partial charge in [0.1, 0.15) is 6.04 Å². The zero-order valence-electron chi connectivity index (χ0n) is 10.2. The first-order valence-electron chi connectivity index (χ1n) is 6.36. The summed E-state index contributed by atoms with van der Waals surface area (Å²) in [5.74, 6) is -0.684. The highest BCUT2D eigenvalue weighted by Crippen LogP contribution is 2.22. The molecule has 1 atom stereocenters. The van der Waals surface area contributed by atoms with Crippen LogP contribution in [0.15, 0.2) is 0 Å². The van der Waals surface area contributed by atoms with E-state index in [-0.39, 0.29) is 30.2 Å². The van der Waals surface area contributed by atoms with E-state index in [4.69, 9.17) is 5.11 Å². The first-order chi connectivity index (χ1) is 8.56. The Labute approximate surface area is 105 Å². The monoisotopic (exact) mass is 254 g/mol. The van der Waals surface area contributed by atoms with Crippen molar-refractivity contribution in [3.63, 3.8) is 0 Å². The van der Waals surface area contributed by atoms with Gasteiger partial charge in [0.25, 0.3) is 0 Å². The number of likely N-dealkylation sites (tertiary alicyclic amines) is 1. The molecule has 0 aromatic heterocycles. The molecule has 2 fully saturated rings. The van der Waals surface area contributed by atoms with E-state index in [1.165, 1.54) is 0 Å². The van der Waals surface area contributed by atoms with Crippen molar-refractivity contribution in [3.05, 3.63) is 0 Å². The lowest BCUT2D eigenvalue weighted by atomic mass is 9.93. The number of hydrogen-bond donors (Lipinski definition) is 2. The first kappa shape index (κ1) is 12.9. The summed E-state index contributed by atoms with van der Waals surface area (Å²) in [6, 6.07) is -0.367. The van der Waals surface area contributed by atoms with E-state index in [9.17, 15) is 14.4 Å². The number of nitrogens with zero attached hydrogens (tertiary/aromatic N) is 1. The molecule has 0 aliphatic carbocycles. The van der Waals surface area contributed by atoms with Gasteiger partial charge < -0.3 is 15.3 Å². The summed E-state index contributed by atoms with van der Waals surface area (Å²) in [4.78, 5) is 35.5. The Kier molecular flexibility index (Phi) is 3.84. The fraction of sp³-hybridized carbons (Fsp3) is 0.750. The van der Waals surface area contributed by atoms with E-state index in [0.717, 1.165) is 12.8 Å². The number of carboxylic acids is 1. The molecule has 100 valence electrons. The summed E-state index contributed by atoms with van der Waals surface area (Å²) in [5.41, 5.74) is 0. The molecule has 2 saturated heterocycles. The molecule has 2 aliphatic rings. The maximum absolute atomic E-state index is 12.1. The second-order valence-electron chi connectivity index (χ2n) is 5.03. The molecule has 0 saturated carbocycles. The van der Waals surface area contributed by atoms with Crippen molar-refractivity contribution in [1.29, 1.82) is 0 Å². The number of rotatable bonds is 3. The standard InChI is InChI=1S/C12H18N2O4/c15-10-2-1-9(13-10)12(18)14-5-3-8(4-6-14)7-11(16)17/h8-9H,1-7H2,(H,13,15)(H,16,17)/t9-/m0/s1. The minimum Gasteiger partial charge on any atom is -0.481 e. The Morgan fingerprint density at radius 2 is 1.94 bits per heavy atom. The maximum atomic E-state index is 12.1. The Hall–Kier alpha value is -1.59. The Balaban J connectivity index is 1.80. The summed E-state index contributed by atoms with van der Waals surface area (Å²) in [6.45, 7) is 1.20. The van der Waals surface area contributed by atoms with Gasteiger partial charge in [0.2, 0.25) is 11.8 Å². The van der Waals surface area contributed by atoms with Crippen LogP contribution in [0.25, 0.3) is 0 Å². The van der Waals surface area contributed by atoms with Crippen LogP contribution in [0.4, 0.5) is 0 Å². The smallest absolute Gasteiger partial charge is 0.303 e. The number of piperidine rings is 1. The molecule has 0 bridgehead atoms. The second-order valence-corrected chi connectivity index (χ2v) is 5.03. The second kappa shape index (κ2) is 5.37. The molecule has 18 heavy (non-hydrogen) atoms. The van der Waals surface area contributed by atoms with Crippen molar-refractivity contribution in [1.82, 2.24) is 10.2 Å². The van der Waals surface area contributed by atoms with Crippen LogP contribution in [-0.4, -0.2) is 46.9 Å². The zero-order valence-corrected chi connectivity index (χ0v) is 10.2. The number of carboxylic acid groups (broad SMARTS) is 1. The molecular weight excluding hydrogens is 236 g/mol. The fourth-order valence-corrected chi connectivity index (χ4v) is 2.62. The van der Waals surface area contributed by atoms with Crippen LogP contribution in [0.2, 0.25) is 0 Å². The summed E-state index contributed by atoms with van der Waals surface area (Å²) < 4.78 is 0. The highest BCUT2D eigenvalue weighted by molar-refractivity contribution is 5.90. The lowest BCUT2D eigenvalue weighted by Gasteiger charge is -2.32. The van der Waals surface area contributed by atoms with Crippen LogP contribution < -0.4 is 5.32 Å². The Morgan fingerprint density at radius 1 is 1.28 bits per heavy atom. The van der Waals surface area contributed by atoms with Gasteiger partial charge in [-0.15, -0.1) is 0 Å². The van der Waals surface area contributed by atoms with Crippen molar-refractivity contribution in [2.45, 2.75) is 38.1 Å². The zero-order chi connectivity index (χ0) is 13.1. The van der Waals surface area contributed by atoms with Crippen LogP contribution in [-0.2, 0) is 14.4 Å². The average Bonchev–Trinajstić information content (AvgIpc) is 2.75. The third-order valence-corrected chi connectivity index (χ3v) is 3.68. The minimum atomic E-state index is -0.775. The molecule has 2 amide bonds. The third-order valence-electron chi connectivity index (χ3n) is 3.68. The summed E-state index contributed by atoms with van der Waals surface area (Å²) >= 11 is 0. The van der Waals surface area contributed by atoms with Crippen LogP contribution in [0.5, 0.6) is 0 Å². The molecule has 2 heterocycles. The van der Waals surface area contributed by atoms with Crippen molar-refractivity contribution < 1.29 is 19.5 Å². The predicted molar refractivity (Wildman–Crippen MR) is 62.7 cm³/mol.